The zero-order valence-corrected chi connectivity index (χ0v) is 14.8. The number of hydrogen-bond acceptors (Lipinski definition) is 5. The van der Waals surface area contributed by atoms with Crippen LogP contribution >= 0.6 is 0 Å². The highest BCUT2D eigenvalue weighted by Crippen LogP contribution is 2.11. The molecule has 3 heterocycles. The van der Waals surface area contributed by atoms with Crippen molar-refractivity contribution in [2.45, 2.75) is 13.2 Å². The fourth-order valence-electron chi connectivity index (χ4n) is 2.67. The van der Waals surface area contributed by atoms with Crippen LogP contribution in [0.3, 0.4) is 0 Å². The molecule has 0 bridgehead atoms. The Kier molecular flexibility index (Phi) is 4.96. The molecule has 4 aromatic rings. The number of rotatable bonds is 7. The van der Waals surface area contributed by atoms with Gasteiger partial charge in [-0.2, -0.15) is 5.10 Å². The van der Waals surface area contributed by atoms with Crippen molar-refractivity contribution in [2.75, 3.05) is 6.54 Å². The molecule has 0 unspecified atom stereocenters. The lowest BCUT2D eigenvalue weighted by atomic mass is 10.3. The Hall–Kier alpha value is -3.75. The summed E-state index contributed by atoms with van der Waals surface area (Å²) in [6.45, 7) is 0.526. The maximum absolute atomic E-state index is 12.9. The van der Waals surface area contributed by atoms with Gasteiger partial charge in [0.1, 0.15) is 23.1 Å². The van der Waals surface area contributed by atoms with E-state index >= 15 is 0 Å². The van der Waals surface area contributed by atoms with Crippen LogP contribution in [0.4, 0.5) is 4.39 Å². The fraction of sp³-hybridized carbons (Fsp3) is 0.158. The van der Waals surface area contributed by atoms with Gasteiger partial charge in [-0.3, -0.25) is 9.20 Å². The molecule has 28 heavy (non-hydrogen) atoms. The summed E-state index contributed by atoms with van der Waals surface area (Å²) in [6, 6.07) is 13.0. The van der Waals surface area contributed by atoms with Gasteiger partial charge >= 0.3 is 0 Å². The lowest BCUT2D eigenvalue weighted by Crippen LogP contribution is -2.26. The van der Waals surface area contributed by atoms with Crippen LogP contribution in [0.2, 0.25) is 0 Å². The van der Waals surface area contributed by atoms with E-state index in [0.29, 0.717) is 18.7 Å². The molecular formula is C19H17FN6O2. The van der Waals surface area contributed by atoms with E-state index in [-0.39, 0.29) is 24.1 Å². The largest absolute Gasteiger partial charge is 0.471 e. The van der Waals surface area contributed by atoms with Gasteiger partial charge in [0.05, 0.1) is 0 Å². The molecule has 1 aromatic carbocycles. The number of halogens is 1. The predicted octanol–water partition coefficient (Wildman–Crippen LogP) is 2.07. The van der Waals surface area contributed by atoms with Gasteiger partial charge in [-0.15, -0.1) is 10.2 Å². The van der Waals surface area contributed by atoms with Crippen molar-refractivity contribution in [2.24, 2.45) is 0 Å². The van der Waals surface area contributed by atoms with Gasteiger partial charge in [0.2, 0.25) is 0 Å². The number of aromatic nitrogens is 5. The highest BCUT2D eigenvalue weighted by molar-refractivity contribution is 5.92. The molecule has 1 N–H and O–H groups in total. The Labute approximate surface area is 159 Å². The van der Waals surface area contributed by atoms with Crippen molar-refractivity contribution in [3.8, 4) is 5.75 Å². The number of amides is 1. The summed E-state index contributed by atoms with van der Waals surface area (Å²) in [5.41, 5.74) is 1.05. The average Bonchev–Trinajstić information content (AvgIpc) is 3.35. The molecule has 3 aromatic heterocycles. The first-order valence-corrected chi connectivity index (χ1v) is 8.68. The van der Waals surface area contributed by atoms with Gasteiger partial charge < -0.3 is 10.1 Å². The number of carbonyl (C=O) groups excluding carboxylic acids is 1. The normalized spacial score (nSPS) is 10.9. The number of nitrogens with zero attached hydrogens (tertiary/aromatic N) is 5. The molecule has 0 saturated heterocycles. The second-order valence-corrected chi connectivity index (χ2v) is 6.02. The number of ether oxygens (including phenoxy) is 1. The van der Waals surface area contributed by atoms with Crippen LogP contribution in [0.1, 0.15) is 16.3 Å². The van der Waals surface area contributed by atoms with Crippen LogP contribution < -0.4 is 10.1 Å². The number of fused-ring (bicyclic) bond motifs is 1. The van der Waals surface area contributed by atoms with Gasteiger partial charge in [-0.1, -0.05) is 6.07 Å². The fourth-order valence-corrected chi connectivity index (χ4v) is 2.67. The second kappa shape index (κ2) is 7.87. The molecule has 4 rings (SSSR count). The van der Waals surface area contributed by atoms with Gasteiger partial charge in [0, 0.05) is 25.4 Å². The van der Waals surface area contributed by atoms with Crippen molar-refractivity contribution in [3.05, 3.63) is 78.3 Å². The molecular weight excluding hydrogens is 363 g/mol. The quantitative estimate of drug-likeness (QED) is 0.530. The van der Waals surface area contributed by atoms with E-state index in [2.05, 4.69) is 20.6 Å². The topological polar surface area (TPSA) is 86.3 Å². The summed E-state index contributed by atoms with van der Waals surface area (Å²) >= 11 is 0. The average molecular weight is 380 g/mol. The van der Waals surface area contributed by atoms with Crippen LogP contribution in [0, 0.1) is 5.82 Å². The van der Waals surface area contributed by atoms with E-state index in [0.717, 1.165) is 11.5 Å². The van der Waals surface area contributed by atoms with Crippen molar-refractivity contribution < 1.29 is 13.9 Å². The third-order valence-corrected chi connectivity index (χ3v) is 4.07. The molecule has 0 saturated carbocycles. The van der Waals surface area contributed by atoms with Gasteiger partial charge in [-0.25, -0.2) is 9.07 Å². The Balaban J connectivity index is 1.28. The van der Waals surface area contributed by atoms with E-state index in [1.165, 1.54) is 28.9 Å². The van der Waals surface area contributed by atoms with E-state index < -0.39 is 0 Å². The smallest absolute Gasteiger partial charge is 0.271 e. The summed E-state index contributed by atoms with van der Waals surface area (Å²) in [6.07, 6.45) is 4.07. The van der Waals surface area contributed by atoms with Crippen molar-refractivity contribution >= 4 is 11.6 Å². The summed E-state index contributed by atoms with van der Waals surface area (Å²) in [4.78, 5) is 12.2. The Morgan fingerprint density at radius 3 is 2.79 bits per heavy atom. The third-order valence-electron chi connectivity index (χ3n) is 4.07. The van der Waals surface area contributed by atoms with Gasteiger partial charge in [0.25, 0.3) is 5.91 Å². The number of nitrogens with one attached hydrogen (secondary N) is 1. The van der Waals surface area contributed by atoms with Crippen LogP contribution in [0.15, 0.2) is 60.9 Å². The summed E-state index contributed by atoms with van der Waals surface area (Å²) in [5.74, 6) is 0.677. The number of hydrogen-bond donors (Lipinski definition) is 1. The van der Waals surface area contributed by atoms with E-state index in [9.17, 15) is 9.18 Å². The van der Waals surface area contributed by atoms with Crippen LogP contribution in [0.25, 0.3) is 5.65 Å². The van der Waals surface area contributed by atoms with Crippen LogP contribution in [-0.4, -0.2) is 36.8 Å². The molecule has 8 nitrogen and oxygen atoms in total. The zero-order valence-electron chi connectivity index (χ0n) is 14.8. The molecule has 0 radical (unpaired) electrons. The molecule has 0 spiro atoms. The minimum absolute atomic E-state index is 0.116. The maximum atomic E-state index is 12.9. The predicted molar refractivity (Wildman–Crippen MR) is 98.3 cm³/mol. The van der Waals surface area contributed by atoms with Gasteiger partial charge in [0.15, 0.2) is 12.4 Å². The second-order valence-electron chi connectivity index (χ2n) is 6.02. The molecule has 142 valence electrons. The standard InChI is InChI=1S/C19H17FN6O2/c20-14-4-6-15(7-5-14)28-13-25-12-9-16(24-25)19(27)21-10-8-18-23-22-17-3-1-2-11-26(17)18/h1-7,9,11-12H,8,10,13H2,(H,21,27). The zero-order chi connectivity index (χ0) is 19.3. The summed E-state index contributed by atoms with van der Waals surface area (Å²) in [5, 5.41) is 15.2. The van der Waals surface area contributed by atoms with E-state index in [1.807, 2.05) is 28.8 Å². The lowest BCUT2D eigenvalue weighted by molar-refractivity contribution is 0.0947. The first-order chi connectivity index (χ1) is 13.7. The molecule has 9 heteroatoms. The van der Waals surface area contributed by atoms with Crippen LogP contribution in [0.5, 0.6) is 5.75 Å². The molecule has 0 aliphatic rings. The Morgan fingerprint density at radius 2 is 1.93 bits per heavy atom. The summed E-state index contributed by atoms with van der Waals surface area (Å²) < 4.78 is 21.8. The third kappa shape index (κ3) is 3.98. The number of benzene rings is 1. The van der Waals surface area contributed by atoms with Crippen LogP contribution in [-0.2, 0) is 13.2 Å². The van der Waals surface area contributed by atoms with Gasteiger partial charge in [-0.05, 0) is 42.5 Å². The number of pyridine rings is 1. The van der Waals surface area contributed by atoms with E-state index in [1.54, 1.807) is 12.3 Å². The SMILES string of the molecule is O=C(NCCc1nnc2ccccn12)c1ccn(COc2ccc(F)cc2)n1. The molecule has 0 atom stereocenters. The molecule has 0 fully saturated rings. The molecule has 0 aliphatic carbocycles. The summed E-state index contributed by atoms with van der Waals surface area (Å²) in [7, 11) is 0. The molecule has 0 aliphatic heterocycles. The lowest BCUT2D eigenvalue weighted by Gasteiger charge is -2.06. The minimum Gasteiger partial charge on any atom is -0.471 e. The van der Waals surface area contributed by atoms with Crippen molar-refractivity contribution in [1.29, 1.82) is 0 Å². The molecule has 1 amide bonds. The first-order valence-electron chi connectivity index (χ1n) is 8.68. The number of carbonyl (C=O) groups is 1. The van der Waals surface area contributed by atoms with E-state index in [4.69, 9.17) is 4.74 Å². The minimum atomic E-state index is -0.329. The highest BCUT2D eigenvalue weighted by Gasteiger charge is 2.10. The maximum Gasteiger partial charge on any atom is 0.271 e. The Morgan fingerprint density at radius 1 is 1.07 bits per heavy atom. The van der Waals surface area contributed by atoms with Crippen molar-refractivity contribution in [3.63, 3.8) is 0 Å². The highest BCUT2D eigenvalue weighted by atomic mass is 19.1. The monoisotopic (exact) mass is 380 g/mol. The van der Waals surface area contributed by atoms with Crippen molar-refractivity contribution in [1.82, 2.24) is 29.7 Å². The first kappa shape index (κ1) is 17.7. The Bertz CT molecular complexity index is 1090.